The van der Waals surface area contributed by atoms with E-state index >= 15 is 0 Å². The Hall–Kier alpha value is -2.30. The highest BCUT2D eigenvalue weighted by atomic mass is 16.4. The average molecular weight is 274 g/mol. The predicted octanol–water partition coefficient (Wildman–Crippen LogP) is 2.00. The maximum absolute atomic E-state index is 12.0. The first kappa shape index (κ1) is 14.1. The van der Waals surface area contributed by atoms with E-state index in [0.717, 1.165) is 22.0 Å². The molecule has 2 aromatic rings. The van der Waals surface area contributed by atoms with Crippen molar-refractivity contribution < 1.29 is 14.7 Å². The van der Waals surface area contributed by atoms with E-state index in [1.54, 1.807) is 13.1 Å². The Bertz CT molecular complexity index is 646. The highest BCUT2D eigenvalue weighted by Gasteiger charge is 2.18. The molecule has 1 unspecified atom stereocenters. The highest BCUT2D eigenvalue weighted by molar-refractivity contribution is 5.92. The second kappa shape index (κ2) is 5.77. The van der Waals surface area contributed by atoms with E-state index in [9.17, 15) is 9.59 Å². The SMILES string of the molecule is CCC(NC(=O)Cc1c[nH]c2cccc(C)c12)C(=O)O. The number of carboxylic acid groups (broad SMARTS) is 1. The molecule has 20 heavy (non-hydrogen) atoms. The van der Waals surface area contributed by atoms with Crippen LogP contribution in [0.3, 0.4) is 0 Å². The van der Waals surface area contributed by atoms with Gasteiger partial charge in [0, 0.05) is 17.1 Å². The number of aliphatic carboxylic acids is 1. The number of fused-ring (bicyclic) bond motifs is 1. The van der Waals surface area contributed by atoms with Gasteiger partial charge in [-0.25, -0.2) is 4.79 Å². The molecule has 0 aliphatic rings. The molecule has 0 fully saturated rings. The third kappa shape index (κ3) is 2.82. The lowest BCUT2D eigenvalue weighted by Crippen LogP contribution is -2.40. The van der Waals surface area contributed by atoms with Crippen molar-refractivity contribution in [2.45, 2.75) is 32.7 Å². The van der Waals surface area contributed by atoms with Gasteiger partial charge in [-0.1, -0.05) is 19.1 Å². The summed E-state index contributed by atoms with van der Waals surface area (Å²) in [6.45, 7) is 3.72. The van der Waals surface area contributed by atoms with Crippen molar-refractivity contribution >= 4 is 22.8 Å². The normalized spacial score (nSPS) is 12.3. The van der Waals surface area contributed by atoms with Crippen molar-refractivity contribution in [1.82, 2.24) is 10.3 Å². The van der Waals surface area contributed by atoms with Crippen LogP contribution in [0.1, 0.15) is 24.5 Å². The Morgan fingerprint density at radius 1 is 1.40 bits per heavy atom. The van der Waals surface area contributed by atoms with Gasteiger partial charge in [-0.15, -0.1) is 0 Å². The van der Waals surface area contributed by atoms with Gasteiger partial charge in [0.1, 0.15) is 6.04 Å². The van der Waals surface area contributed by atoms with Crippen molar-refractivity contribution in [2.24, 2.45) is 0 Å². The van der Waals surface area contributed by atoms with E-state index in [0.29, 0.717) is 6.42 Å². The summed E-state index contributed by atoms with van der Waals surface area (Å²) in [6, 6.07) is 5.07. The van der Waals surface area contributed by atoms with E-state index in [2.05, 4.69) is 10.3 Å². The molecule has 2 rings (SSSR count). The van der Waals surface area contributed by atoms with Crippen LogP contribution >= 0.6 is 0 Å². The van der Waals surface area contributed by atoms with Gasteiger partial charge in [-0.2, -0.15) is 0 Å². The van der Waals surface area contributed by atoms with Crippen LogP contribution in [0.15, 0.2) is 24.4 Å². The smallest absolute Gasteiger partial charge is 0.326 e. The Labute approximate surface area is 117 Å². The van der Waals surface area contributed by atoms with E-state index in [-0.39, 0.29) is 12.3 Å². The minimum atomic E-state index is -1.00. The van der Waals surface area contributed by atoms with Crippen LogP contribution in [-0.4, -0.2) is 28.0 Å². The fourth-order valence-corrected chi connectivity index (χ4v) is 2.35. The Balaban J connectivity index is 2.16. The quantitative estimate of drug-likeness (QED) is 0.780. The average Bonchev–Trinajstić information content (AvgIpc) is 2.80. The number of nitrogens with one attached hydrogen (secondary N) is 2. The molecule has 0 saturated carbocycles. The molecule has 1 atom stereocenters. The first-order chi connectivity index (χ1) is 9.52. The van der Waals surface area contributed by atoms with Crippen LogP contribution in [0.2, 0.25) is 0 Å². The molecule has 1 aromatic heterocycles. The number of H-pyrrole nitrogens is 1. The summed E-state index contributed by atoms with van der Waals surface area (Å²) in [7, 11) is 0. The lowest BCUT2D eigenvalue weighted by Gasteiger charge is -2.12. The number of carbonyl (C=O) groups is 2. The van der Waals surface area contributed by atoms with Gasteiger partial charge in [0.25, 0.3) is 0 Å². The Kier molecular flexibility index (Phi) is 4.08. The Morgan fingerprint density at radius 3 is 2.80 bits per heavy atom. The summed E-state index contributed by atoms with van der Waals surface area (Å²) in [5.74, 6) is -1.28. The maximum Gasteiger partial charge on any atom is 0.326 e. The summed E-state index contributed by atoms with van der Waals surface area (Å²) in [6.07, 6.45) is 2.35. The second-order valence-corrected chi connectivity index (χ2v) is 4.85. The summed E-state index contributed by atoms with van der Waals surface area (Å²) >= 11 is 0. The van der Waals surface area contributed by atoms with Gasteiger partial charge in [0.05, 0.1) is 6.42 Å². The van der Waals surface area contributed by atoms with Crippen LogP contribution in [0.4, 0.5) is 0 Å². The van der Waals surface area contributed by atoms with Gasteiger partial charge in [-0.3, -0.25) is 4.79 Å². The summed E-state index contributed by atoms with van der Waals surface area (Å²) < 4.78 is 0. The molecule has 1 heterocycles. The maximum atomic E-state index is 12.0. The zero-order valence-electron chi connectivity index (χ0n) is 11.6. The molecule has 1 amide bonds. The molecule has 0 aliphatic heterocycles. The molecule has 0 bridgehead atoms. The minimum Gasteiger partial charge on any atom is -0.480 e. The monoisotopic (exact) mass is 274 g/mol. The van der Waals surface area contributed by atoms with Gasteiger partial charge >= 0.3 is 5.97 Å². The first-order valence-corrected chi connectivity index (χ1v) is 6.60. The molecule has 5 nitrogen and oxygen atoms in total. The van der Waals surface area contributed by atoms with Gasteiger partial charge in [0.15, 0.2) is 0 Å². The number of carboxylic acids is 1. The molecule has 1 aromatic carbocycles. The standard InChI is InChI=1S/C15H18N2O3/c1-3-11(15(19)20)17-13(18)7-10-8-16-12-6-4-5-9(2)14(10)12/h4-6,8,11,16H,3,7H2,1-2H3,(H,17,18)(H,19,20). The van der Waals surface area contributed by atoms with Crippen molar-refractivity contribution in [1.29, 1.82) is 0 Å². The van der Waals surface area contributed by atoms with Gasteiger partial charge < -0.3 is 15.4 Å². The van der Waals surface area contributed by atoms with Gasteiger partial charge in [-0.05, 0) is 30.5 Å². The van der Waals surface area contributed by atoms with Crippen LogP contribution in [0, 0.1) is 6.92 Å². The van der Waals surface area contributed by atoms with Crippen LogP contribution < -0.4 is 5.32 Å². The number of aryl methyl sites for hydroxylation is 1. The first-order valence-electron chi connectivity index (χ1n) is 6.60. The molecular weight excluding hydrogens is 256 g/mol. The molecular formula is C15H18N2O3. The third-order valence-corrected chi connectivity index (χ3v) is 3.39. The molecule has 0 saturated heterocycles. The number of rotatable bonds is 5. The van der Waals surface area contributed by atoms with Crippen molar-refractivity contribution in [3.05, 3.63) is 35.5 Å². The topological polar surface area (TPSA) is 82.2 Å². The van der Waals surface area contributed by atoms with E-state index in [4.69, 9.17) is 5.11 Å². The zero-order valence-corrected chi connectivity index (χ0v) is 11.6. The summed E-state index contributed by atoms with van der Waals surface area (Å²) in [5.41, 5.74) is 2.96. The van der Waals surface area contributed by atoms with Crippen molar-refractivity contribution in [3.8, 4) is 0 Å². The highest BCUT2D eigenvalue weighted by Crippen LogP contribution is 2.22. The largest absolute Gasteiger partial charge is 0.480 e. The zero-order chi connectivity index (χ0) is 14.7. The number of amides is 1. The van der Waals surface area contributed by atoms with Gasteiger partial charge in [0.2, 0.25) is 5.91 Å². The van der Waals surface area contributed by atoms with Crippen molar-refractivity contribution in [2.75, 3.05) is 0 Å². The molecule has 0 aliphatic carbocycles. The molecule has 5 heteroatoms. The number of carbonyl (C=O) groups excluding carboxylic acids is 1. The molecule has 3 N–H and O–H groups in total. The fourth-order valence-electron chi connectivity index (χ4n) is 2.35. The molecule has 106 valence electrons. The Morgan fingerprint density at radius 2 is 2.15 bits per heavy atom. The lowest BCUT2D eigenvalue weighted by atomic mass is 10.0. The van der Waals surface area contributed by atoms with Crippen LogP contribution in [-0.2, 0) is 16.0 Å². The summed E-state index contributed by atoms with van der Waals surface area (Å²) in [4.78, 5) is 26.0. The van der Waals surface area contributed by atoms with E-state index in [1.165, 1.54) is 0 Å². The number of benzene rings is 1. The lowest BCUT2D eigenvalue weighted by molar-refractivity contribution is -0.141. The van der Waals surface area contributed by atoms with Crippen LogP contribution in [0.5, 0.6) is 0 Å². The van der Waals surface area contributed by atoms with Crippen LogP contribution in [0.25, 0.3) is 10.9 Å². The minimum absolute atomic E-state index is 0.175. The third-order valence-electron chi connectivity index (χ3n) is 3.39. The second-order valence-electron chi connectivity index (χ2n) is 4.85. The molecule has 0 radical (unpaired) electrons. The number of hydrogen-bond donors (Lipinski definition) is 3. The molecule has 0 spiro atoms. The summed E-state index contributed by atoms with van der Waals surface area (Å²) in [5, 5.41) is 12.5. The van der Waals surface area contributed by atoms with E-state index < -0.39 is 12.0 Å². The predicted molar refractivity (Wildman–Crippen MR) is 76.6 cm³/mol. The number of aromatic nitrogens is 1. The number of aromatic amines is 1. The van der Waals surface area contributed by atoms with E-state index in [1.807, 2.05) is 25.1 Å². The number of hydrogen-bond acceptors (Lipinski definition) is 2. The van der Waals surface area contributed by atoms with Crippen molar-refractivity contribution in [3.63, 3.8) is 0 Å². The fraction of sp³-hybridized carbons (Fsp3) is 0.333.